The minimum Gasteiger partial charge on any atom is -0.298 e. The molecule has 8 bridgehead atoms. The van der Waals surface area contributed by atoms with Crippen molar-refractivity contribution in [2.24, 2.45) is 0 Å². The number of carbonyl (C=O) groups is 1. The highest BCUT2D eigenvalue weighted by Crippen LogP contribution is 2.32. The minimum absolute atomic E-state index is 0.0491. The van der Waals surface area contributed by atoms with E-state index >= 15 is 0 Å². The van der Waals surface area contributed by atoms with E-state index < -0.39 is 0 Å². The molecule has 0 saturated carbocycles. The Kier molecular flexibility index (Phi) is 4.71. The summed E-state index contributed by atoms with van der Waals surface area (Å²) in [6.45, 7) is 2.09. The van der Waals surface area contributed by atoms with E-state index in [1.807, 2.05) is 30.3 Å². The van der Waals surface area contributed by atoms with E-state index in [1.165, 1.54) is 0 Å². The SMILES string of the molecule is CCCCC(=O)n1c2cncc(c2)c2cc3c(cn2)[nH][nH]c-3c2nc3cccc(c4ccc1s4)c3n2. The molecule has 0 atom stereocenters. The van der Waals surface area contributed by atoms with Gasteiger partial charge in [0, 0.05) is 33.7 Å². The van der Waals surface area contributed by atoms with Crippen molar-refractivity contribution in [2.45, 2.75) is 26.2 Å². The molecule has 2 aliphatic rings. The van der Waals surface area contributed by atoms with Gasteiger partial charge in [-0.05, 0) is 36.8 Å². The van der Waals surface area contributed by atoms with Crippen LogP contribution in [-0.2, 0) is 0 Å². The van der Waals surface area contributed by atoms with Gasteiger partial charge < -0.3 is 0 Å². The molecule has 36 heavy (non-hydrogen) atoms. The molecule has 9 heteroatoms. The van der Waals surface area contributed by atoms with Crippen LogP contribution < -0.4 is 0 Å². The van der Waals surface area contributed by atoms with Crippen molar-refractivity contribution in [3.63, 3.8) is 0 Å². The average molecular weight is 492 g/mol. The number of rotatable bonds is 3. The molecule has 1 aromatic carbocycles. The molecule has 2 N–H and O–H groups in total. The first-order valence-corrected chi connectivity index (χ1v) is 12.7. The van der Waals surface area contributed by atoms with Gasteiger partial charge in [-0.15, -0.1) is 11.3 Å². The fourth-order valence-corrected chi connectivity index (χ4v) is 5.78. The van der Waals surface area contributed by atoms with Crippen molar-refractivity contribution in [3.05, 3.63) is 61.1 Å². The normalized spacial score (nSPS) is 11.9. The van der Waals surface area contributed by atoms with Crippen molar-refractivity contribution in [1.82, 2.24) is 34.7 Å². The predicted molar refractivity (Wildman–Crippen MR) is 144 cm³/mol. The summed E-state index contributed by atoms with van der Waals surface area (Å²) in [6.07, 6.45) is 7.56. The zero-order valence-corrected chi connectivity index (χ0v) is 20.3. The van der Waals surface area contributed by atoms with Gasteiger partial charge in [0.15, 0.2) is 5.65 Å². The first-order chi connectivity index (χ1) is 17.7. The van der Waals surface area contributed by atoms with E-state index in [-0.39, 0.29) is 5.91 Å². The van der Waals surface area contributed by atoms with Crippen LogP contribution in [-0.4, -0.2) is 40.6 Å². The van der Waals surface area contributed by atoms with Gasteiger partial charge >= 0.3 is 0 Å². The van der Waals surface area contributed by atoms with Crippen LogP contribution >= 0.6 is 11.3 Å². The molecule has 5 aromatic rings. The van der Waals surface area contributed by atoms with Crippen LogP contribution in [0.25, 0.3) is 64.8 Å². The Morgan fingerprint density at radius 3 is 2.89 bits per heavy atom. The zero-order chi connectivity index (χ0) is 24.2. The molecule has 2 aliphatic heterocycles. The monoisotopic (exact) mass is 491 g/mol. The predicted octanol–water partition coefficient (Wildman–Crippen LogP) is 6.61. The number of hydrogen-bond acceptors (Lipinski definition) is 6. The van der Waals surface area contributed by atoms with Gasteiger partial charge in [0.1, 0.15) is 10.5 Å². The molecule has 8 nitrogen and oxygen atoms in total. The lowest BCUT2D eigenvalue weighted by molar-refractivity contribution is 0.0909. The second-order valence-corrected chi connectivity index (χ2v) is 9.93. The standard InChI is InChI=1S/C27H21N7OS/c1-2-3-7-23(35)34-16-10-15(12-28-13-16)20-11-18-21(14-29-20)32-33-26(18)27-30-19-6-4-5-17(25(19)31-27)22-8-9-24(34)36-22/h4-6,8-14,32-33H,2-3,7H2,1H3. The number of H-pyrrole nitrogens is 2. The number of fused-ring (bicyclic) bond motifs is 9. The van der Waals surface area contributed by atoms with Gasteiger partial charge in [-0.1, -0.05) is 25.5 Å². The third-order valence-electron chi connectivity index (χ3n) is 6.53. The summed E-state index contributed by atoms with van der Waals surface area (Å²) < 4.78 is 2.82. The van der Waals surface area contributed by atoms with Crippen LogP contribution in [0.3, 0.4) is 0 Å². The molecular weight excluding hydrogens is 470 g/mol. The molecule has 0 saturated heterocycles. The molecule has 0 spiro atoms. The minimum atomic E-state index is 0.0491. The van der Waals surface area contributed by atoms with Crippen molar-refractivity contribution in [3.8, 4) is 11.3 Å². The topological polar surface area (TPSA) is 105 Å². The number of benzene rings is 1. The number of nitrogens with zero attached hydrogens (tertiary/aromatic N) is 5. The van der Waals surface area contributed by atoms with Gasteiger partial charge in [-0.3, -0.25) is 29.5 Å². The Morgan fingerprint density at radius 2 is 1.97 bits per heavy atom. The van der Waals surface area contributed by atoms with Crippen LogP contribution in [0.4, 0.5) is 0 Å². The Balaban J connectivity index is 1.69. The molecule has 176 valence electrons. The van der Waals surface area contributed by atoms with Gasteiger partial charge in [-0.2, -0.15) is 0 Å². The second kappa shape index (κ2) is 8.10. The highest BCUT2D eigenvalue weighted by Gasteiger charge is 2.15. The van der Waals surface area contributed by atoms with E-state index in [1.54, 1.807) is 34.5 Å². The Labute approximate surface area is 208 Å². The highest BCUT2D eigenvalue weighted by atomic mass is 32.1. The zero-order valence-electron chi connectivity index (χ0n) is 19.4. The number of carbonyl (C=O) groups excluding carboxylic acids is 1. The van der Waals surface area contributed by atoms with Crippen molar-refractivity contribution >= 4 is 70.8 Å². The number of aromatic nitrogens is 7. The molecule has 0 amide bonds. The van der Waals surface area contributed by atoms with Gasteiger partial charge in [0.25, 0.3) is 0 Å². The molecule has 0 unspecified atom stereocenters. The summed E-state index contributed by atoms with van der Waals surface area (Å²) in [5, 5.41) is 8.23. The fraction of sp³-hybridized carbons (Fsp3) is 0.148. The van der Waals surface area contributed by atoms with E-state index in [0.717, 1.165) is 72.0 Å². The molecule has 0 radical (unpaired) electrons. The second-order valence-electron chi connectivity index (χ2n) is 8.86. The quantitative estimate of drug-likeness (QED) is 0.289. The largest absolute Gasteiger partial charge is 0.298 e. The van der Waals surface area contributed by atoms with Gasteiger partial charge in [0.05, 0.1) is 40.0 Å². The number of unbranched alkanes of at least 4 members (excludes halogenated alkanes) is 1. The molecular formula is C27H21N7OS. The summed E-state index contributed by atoms with van der Waals surface area (Å²) in [7, 11) is 0. The Morgan fingerprint density at radius 1 is 1.03 bits per heavy atom. The average Bonchev–Trinajstić information content (AvgIpc) is 3.64. The van der Waals surface area contributed by atoms with Crippen LogP contribution in [0.5, 0.6) is 0 Å². The van der Waals surface area contributed by atoms with Crippen molar-refractivity contribution in [1.29, 1.82) is 0 Å². The number of hydrogen-bond donors (Lipinski definition) is 2. The molecule has 0 fully saturated rings. The summed E-state index contributed by atoms with van der Waals surface area (Å²) in [4.78, 5) is 33.2. The number of pyridine rings is 2. The fourth-order valence-electron chi connectivity index (χ4n) is 4.70. The summed E-state index contributed by atoms with van der Waals surface area (Å²) in [6, 6.07) is 14.1. The van der Waals surface area contributed by atoms with Gasteiger partial charge in [-0.25, -0.2) is 9.97 Å². The smallest absolute Gasteiger partial charge is 0.232 e. The van der Waals surface area contributed by atoms with Crippen LogP contribution in [0.1, 0.15) is 31.0 Å². The maximum absolute atomic E-state index is 13.5. The van der Waals surface area contributed by atoms with Gasteiger partial charge in [0.2, 0.25) is 5.91 Å². The number of imidazole rings is 1. The molecule has 7 rings (SSSR count). The Bertz CT molecular complexity index is 1970. The van der Waals surface area contributed by atoms with E-state index in [0.29, 0.717) is 12.1 Å². The van der Waals surface area contributed by atoms with E-state index in [9.17, 15) is 4.79 Å². The first-order valence-electron chi connectivity index (χ1n) is 11.9. The highest BCUT2D eigenvalue weighted by molar-refractivity contribution is 7.24. The lowest BCUT2D eigenvalue weighted by atomic mass is 10.1. The Hall–Kier alpha value is -4.37. The van der Waals surface area contributed by atoms with Crippen LogP contribution in [0.2, 0.25) is 0 Å². The third kappa shape index (κ3) is 3.24. The molecule has 4 aromatic heterocycles. The first kappa shape index (κ1) is 21.0. The molecule has 0 aliphatic carbocycles. The lowest BCUT2D eigenvalue weighted by Crippen LogP contribution is -2.10. The van der Waals surface area contributed by atoms with Crippen molar-refractivity contribution in [2.75, 3.05) is 0 Å². The van der Waals surface area contributed by atoms with E-state index in [4.69, 9.17) is 9.97 Å². The number of nitrogens with one attached hydrogen (secondary N) is 2. The lowest BCUT2D eigenvalue weighted by Gasteiger charge is -2.07. The van der Waals surface area contributed by atoms with Crippen LogP contribution in [0, 0.1) is 0 Å². The summed E-state index contributed by atoms with van der Waals surface area (Å²) >= 11 is 1.57. The molecule has 6 heterocycles. The summed E-state index contributed by atoms with van der Waals surface area (Å²) in [5.41, 5.74) is 6.36. The number of aromatic amines is 2. The van der Waals surface area contributed by atoms with Crippen LogP contribution in [0.15, 0.2) is 61.1 Å². The third-order valence-corrected chi connectivity index (χ3v) is 7.63. The maximum Gasteiger partial charge on any atom is 0.232 e. The van der Waals surface area contributed by atoms with E-state index in [2.05, 4.69) is 39.2 Å². The maximum atomic E-state index is 13.5. The summed E-state index contributed by atoms with van der Waals surface area (Å²) in [5.74, 6) is 0.0491. The number of thiophene rings is 1. The van der Waals surface area contributed by atoms with Crippen molar-refractivity contribution < 1.29 is 4.79 Å². The number of para-hydroxylation sites is 1.